The Balaban J connectivity index is 1.57. The molecule has 1 amide bonds. The second kappa shape index (κ2) is 9.34. The Morgan fingerprint density at radius 2 is 2.07 bits per heavy atom. The second-order valence-electron chi connectivity index (χ2n) is 7.26. The molecule has 158 valence electrons. The third-order valence-corrected chi connectivity index (χ3v) is 6.58. The molecule has 6 nitrogen and oxygen atoms in total. The SMILES string of the molecule is CCN(CC)c1ccc(C=Nc2sc3c(c2C(=O)NCc2ccco2)CCCC3)o1. The van der Waals surface area contributed by atoms with Crippen molar-refractivity contribution < 1.29 is 13.6 Å². The molecule has 0 atom stereocenters. The third-order valence-electron chi connectivity index (χ3n) is 5.38. The van der Waals surface area contributed by atoms with Gasteiger partial charge in [-0.2, -0.15) is 0 Å². The van der Waals surface area contributed by atoms with Gasteiger partial charge in [-0.15, -0.1) is 11.3 Å². The maximum Gasteiger partial charge on any atom is 0.255 e. The lowest BCUT2D eigenvalue weighted by Crippen LogP contribution is -2.23. The summed E-state index contributed by atoms with van der Waals surface area (Å²) in [6.07, 6.45) is 7.54. The maximum absolute atomic E-state index is 13.0. The van der Waals surface area contributed by atoms with Crippen LogP contribution in [0.5, 0.6) is 0 Å². The number of aliphatic imine (C=N–C) groups is 1. The zero-order chi connectivity index (χ0) is 20.9. The number of hydrogen-bond acceptors (Lipinski definition) is 6. The first-order valence-electron chi connectivity index (χ1n) is 10.5. The van der Waals surface area contributed by atoms with E-state index in [1.54, 1.807) is 23.8 Å². The third kappa shape index (κ3) is 4.36. The monoisotopic (exact) mass is 425 g/mol. The average molecular weight is 426 g/mol. The smallest absolute Gasteiger partial charge is 0.255 e. The molecule has 0 saturated carbocycles. The van der Waals surface area contributed by atoms with Crippen LogP contribution in [0.4, 0.5) is 10.9 Å². The lowest BCUT2D eigenvalue weighted by Gasteiger charge is -2.16. The summed E-state index contributed by atoms with van der Waals surface area (Å²) in [5.41, 5.74) is 1.85. The average Bonchev–Trinajstić information content (AvgIpc) is 3.51. The molecule has 0 aromatic carbocycles. The van der Waals surface area contributed by atoms with E-state index in [-0.39, 0.29) is 5.91 Å². The topological polar surface area (TPSA) is 71.0 Å². The van der Waals surface area contributed by atoms with Crippen LogP contribution in [0.25, 0.3) is 0 Å². The molecule has 7 heteroatoms. The van der Waals surface area contributed by atoms with Crippen LogP contribution < -0.4 is 10.2 Å². The lowest BCUT2D eigenvalue weighted by atomic mass is 9.95. The highest BCUT2D eigenvalue weighted by Crippen LogP contribution is 2.40. The summed E-state index contributed by atoms with van der Waals surface area (Å²) >= 11 is 1.62. The molecule has 0 fully saturated rings. The van der Waals surface area contributed by atoms with Crippen molar-refractivity contribution in [1.29, 1.82) is 0 Å². The Labute approximate surface area is 180 Å². The summed E-state index contributed by atoms with van der Waals surface area (Å²) < 4.78 is 11.2. The number of carbonyl (C=O) groups excluding carboxylic acids is 1. The Kier molecular flexibility index (Phi) is 6.38. The summed E-state index contributed by atoms with van der Waals surface area (Å²) in [6, 6.07) is 7.55. The van der Waals surface area contributed by atoms with Gasteiger partial charge in [-0.1, -0.05) is 0 Å². The Morgan fingerprint density at radius 1 is 1.23 bits per heavy atom. The molecule has 0 unspecified atom stereocenters. The van der Waals surface area contributed by atoms with Crippen LogP contribution in [-0.4, -0.2) is 25.2 Å². The summed E-state index contributed by atoms with van der Waals surface area (Å²) in [4.78, 5) is 21.1. The van der Waals surface area contributed by atoms with Crippen LogP contribution in [0, 0.1) is 0 Å². The molecule has 0 radical (unpaired) electrons. The van der Waals surface area contributed by atoms with E-state index >= 15 is 0 Å². The highest BCUT2D eigenvalue weighted by atomic mass is 32.1. The minimum atomic E-state index is -0.0961. The number of nitrogens with one attached hydrogen (secondary N) is 1. The highest BCUT2D eigenvalue weighted by molar-refractivity contribution is 7.16. The molecule has 0 spiro atoms. The Bertz CT molecular complexity index is 1010. The van der Waals surface area contributed by atoms with Crippen molar-refractivity contribution in [2.75, 3.05) is 18.0 Å². The molecule has 1 N–H and O–H groups in total. The number of nitrogens with zero attached hydrogens (tertiary/aromatic N) is 2. The predicted molar refractivity (Wildman–Crippen MR) is 120 cm³/mol. The molecule has 30 heavy (non-hydrogen) atoms. The van der Waals surface area contributed by atoms with Crippen molar-refractivity contribution in [3.63, 3.8) is 0 Å². The standard InChI is InChI=1S/C23H27N3O3S/c1-3-26(4-2)20-12-11-17(29-20)15-25-23-21(18-9-5-6-10-19(18)30-23)22(27)24-14-16-8-7-13-28-16/h7-8,11-13,15H,3-6,9-10,14H2,1-2H3,(H,24,27). The van der Waals surface area contributed by atoms with Crippen molar-refractivity contribution in [2.45, 2.75) is 46.1 Å². The molecule has 1 aliphatic rings. The van der Waals surface area contributed by atoms with Crippen molar-refractivity contribution in [2.24, 2.45) is 4.99 Å². The van der Waals surface area contributed by atoms with Gasteiger partial charge in [-0.25, -0.2) is 4.99 Å². The van der Waals surface area contributed by atoms with Gasteiger partial charge in [0.15, 0.2) is 5.88 Å². The molecule has 3 aromatic heterocycles. The number of aryl methyl sites for hydroxylation is 1. The van der Waals surface area contributed by atoms with Gasteiger partial charge in [0.05, 0.1) is 24.6 Å². The van der Waals surface area contributed by atoms with Crippen LogP contribution in [0.1, 0.15) is 59.0 Å². The zero-order valence-corrected chi connectivity index (χ0v) is 18.3. The van der Waals surface area contributed by atoms with Gasteiger partial charge in [-0.05, 0) is 63.3 Å². The number of rotatable bonds is 8. The van der Waals surface area contributed by atoms with Crippen LogP contribution in [0.3, 0.4) is 0 Å². The normalized spacial score (nSPS) is 13.5. The van der Waals surface area contributed by atoms with Gasteiger partial charge in [0.1, 0.15) is 16.5 Å². The predicted octanol–water partition coefficient (Wildman–Crippen LogP) is 5.34. The maximum atomic E-state index is 13.0. The summed E-state index contributed by atoms with van der Waals surface area (Å²) in [7, 11) is 0. The van der Waals surface area contributed by atoms with Crippen molar-refractivity contribution >= 4 is 34.3 Å². The van der Waals surface area contributed by atoms with Crippen LogP contribution >= 0.6 is 11.3 Å². The minimum Gasteiger partial charge on any atom is -0.467 e. The lowest BCUT2D eigenvalue weighted by molar-refractivity contribution is 0.0948. The van der Waals surface area contributed by atoms with E-state index in [0.29, 0.717) is 17.9 Å². The zero-order valence-electron chi connectivity index (χ0n) is 17.4. The molecule has 0 saturated heterocycles. The first-order chi connectivity index (χ1) is 14.7. The van der Waals surface area contributed by atoms with E-state index in [9.17, 15) is 4.79 Å². The quantitative estimate of drug-likeness (QED) is 0.495. The fourth-order valence-electron chi connectivity index (χ4n) is 3.78. The molecular formula is C23H27N3O3S. The number of anilines is 1. The van der Waals surface area contributed by atoms with Gasteiger partial charge in [0.2, 0.25) is 0 Å². The largest absolute Gasteiger partial charge is 0.467 e. The van der Waals surface area contributed by atoms with E-state index in [2.05, 4.69) is 29.1 Å². The number of amides is 1. The molecule has 0 aliphatic heterocycles. The summed E-state index contributed by atoms with van der Waals surface area (Å²) in [6.45, 7) is 6.34. The van der Waals surface area contributed by atoms with E-state index in [0.717, 1.165) is 61.0 Å². The van der Waals surface area contributed by atoms with Gasteiger partial charge >= 0.3 is 0 Å². The van der Waals surface area contributed by atoms with Gasteiger partial charge in [-0.3, -0.25) is 4.79 Å². The van der Waals surface area contributed by atoms with Crippen molar-refractivity contribution in [3.05, 3.63) is 58.1 Å². The van der Waals surface area contributed by atoms with E-state index in [4.69, 9.17) is 8.83 Å². The first kappa shape index (κ1) is 20.5. The number of carbonyl (C=O) groups is 1. The van der Waals surface area contributed by atoms with E-state index < -0.39 is 0 Å². The summed E-state index contributed by atoms with van der Waals surface area (Å²) in [5, 5.41) is 3.73. The number of fused-ring (bicyclic) bond motifs is 1. The fraction of sp³-hybridized carbons (Fsp3) is 0.391. The molecule has 1 aliphatic carbocycles. The molecule has 3 heterocycles. The molecule has 0 bridgehead atoms. The molecule has 3 aromatic rings. The van der Waals surface area contributed by atoms with Crippen LogP contribution in [-0.2, 0) is 19.4 Å². The molecular weight excluding hydrogens is 398 g/mol. The number of hydrogen-bond donors (Lipinski definition) is 1. The van der Waals surface area contributed by atoms with E-state index in [1.165, 1.54) is 4.88 Å². The van der Waals surface area contributed by atoms with Crippen molar-refractivity contribution in [1.82, 2.24) is 5.32 Å². The van der Waals surface area contributed by atoms with Crippen LogP contribution in [0.2, 0.25) is 0 Å². The number of thiophene rings is 1. The second-order valence-corrected chi connectivity index (χ2v) is 8.34. The highest BCUT2D eigenvalue weighted by Gasteiger charge is 2.25. The van der Waals surface area contributed by atoms with Crippen LogP contribution in [0.15, 0.2) is 44.4 Å². The first-order valence-corrected chi connectivity index (χ1v) is 11.3. The van der Waals surface area contributed by atoms with Gasteiger partial charge in [0.25, 0.3) is 5.91 Å². The van der Waals surface area contributed by atoms with Gasteiger partial charge in [0, 0.05) is 24.0 Å². The Hall–Kier alpha value is -2.80. The Morgan fingerprint density at radius 3 is 2.83 bits per heavy atom. The van der Waals surface area contributed by atoms with Gasteiger partial charge < -0.3 is 19.1 Å². The minimum absolute atomic E-state index is 0.0961. The van der Waals surface area contributed by atoms with Crippen molar-refractivity contribution in [3.8, 4) is 0 Å². The molecule has 4 rings (SSSR count). The summed E-state index contributed by atoms with van der Waals surface area (Å²) in [5.74, 6) is 2.16. The van der Waals surface area contributed by atoms with E-state index in [1.807, 2.05) is 24.3 Å². The fourth-order valence-corrected chi connectivity index (χ4v) is 5.02. The number of furan rings is 2.